The van der Waals surface area contributed by atoms with Crippen LogP contribution in [0.1, 0.15) is 25.0 Å². The van der Waals surface area contributed by atoms with Gasteiger partial charge >= 0.3 is 0 Å². The Morgan fingerprint density at radius 3 is 2.31 bits per heavy atom. The van der Waals surface area contributed by atoms with Crippen molar-refractivity contribution < 1.29 is 9.47 Å². The highest BCUT2D eigenvalue weighted by atomic mass is 16.5. The van der Waals surface area contributed by atoms with E-state index in [0.717, 1.165) is 24.2 Å². The molecule has 1 heterocycles. The molecule has 0 unspecified atom stereocenters. The molecule has 9 heteroatoms. The van der Waals surface area contributed by atoms with Crippen LogP contribution in [-0.4, -0.2) is 48.5 Å². The predicted octanol–water partition coefficient (Wildman–Crippen LogP) is 3.79. The molecule has 32 heavy (non-hydrogen) atoms. The summed E-state index contributed by atoms with van der Waals surface area (Å²) < 4.78 is 10.6. The van der Waals surface area contributed by atoms with Crippen LogP contribution >= 0.6 is 0 Å². The molecule has 0 bridgehead atoms. The summed E-state index contributed by atoms with van der Waals surface area (Å²) in [5, 5.41) is 7.55. The number of nitrogens with one attached hydrogen (secondary N) is 2. The second-order valence-electron chi connectivity index (χ2n) is 6.78. The summed E-state index contributed by atoms with van der Waals surface area (Å²) in [4.78, 5) is 15.6. The largest absolute Gasteiger partial charge is 0.493 e. The maximum Gasteiger partial charge on any atom is 0.250 e. The predicted molar refractivity (Wildman–Crippen MR) is 128 cm³/mol. The molecule has 0 aliphatic heterocycles. The van der Waals surface area contributed by atoms with Crippen LogP contribution in [0, 0.1) is 0 Å². The quantitative estimate of drug-likeness (QED) is 0.347. The van der Waals surface area contributed by atoms with Crippen LogP contribution in [0.25, 0.3) is 0 Å². The molecule has 0 fully saturated rings. The van der Waals surface area contributed by atoms with E-state index in [2.05, 4.69) is 49.5 Å². The van der Waals surface area contributed by atoms with Crippen LogP contribution < -0.4 is 25.1 Å². The topological polar surface area (TPSA) is 96.8 Å². The van der Waals surface area contributed by atoms with Crippen LogP contribution in [-0.2, 0) is 6.54 Å². The summed E-state index contributed by atoms with van der Waals surface area (Å²) in [6.45, 7) is 6.30. The first-order valence-corrected chi connectivity index (χ1v) is 10.5. The number of anilines is 3. The lowest BCUT2D eigenvalue weighted by Gasteiger charge is -2.19. The molecule has 9 nitrogen and oxygen atoms in total. The average molecular weight is 436 g/mol. The van der Waals surface area contributed by atoms with E-state index in [-0.39, 0.29) is 0 Å². The Morgan fingerprint density at radius 2 is 1.62 bits per heavy atom. The SMILES string of the molecule is CCN(CC)c1nc(NCc2ccccc2)nc(NN=Cc2ccc(OC)c(OC)c2)n1. The summed E-state index contributed by atoms with van der Waals surface area (Å²) in [5.41, 5.74) is 4.89. The van der Waals surface area contributed by atoms with E-state index in [0.29, 0.717) is 35.9 Å². The minimum atomic E-state index is 0.356. The van der Waals surface area contributed by atoms with Crippen molar-refractivity contribution in [3.63, 3.8) is 0 Å². The van der Waals surface area contributed by atoms with E-state index in [1.807, 2.05) is 48.5 Å². The van der Waals surface area contributed by atoms with Crippen molar-refractivity contribution in [1.82, 2.24) is 15.0 Å². The van der Waals surface area contributed by atoms with Crippen molar-refractivity contribution in [2.24, 2.45) is 5.10 Å². The molecule has 0 saturated carbocycles. The second-order valence-corrected chi connectivity index (χ2v) is 6.78. The van der Waals surface area contributed by atoms with Gasteiger partial charge in [0.05, 0.1) is 20.4 Å². The third-order valence-corrected chi connectivity index (χ3v) is 4.75. The van der Waals surface area contributed by atoms with Gasteiger partial charge < -0.3 is 19.7 Å². The number of hydrogen-bond acceptors (Lipinski definition) is 9. The molecular formula is C23H29N7O2. The monoisotopic (exact) mass is 435 g/mol. The molecule has 0 aliphatic rings. The standard InChI is InChI=1S/C23H29N7O2/c1-5-30(6-2)23-27-21(24-15-17-10-8-7-9-11-17)26-22(28-23)29-25-16-18-12-13-19(31-3)20(14-18)32-4/h7-14,16H,5-6,15H2,1-4H3,(H2,24,26,27,28,29). The molecule has 3 aromatic rings. The van der Waals surface area contributed by atoms with Gasteiger partial charge in [-0.15, -0.1) is 0 Å². The number of nitrogens with zero attached hydrogens (tertiary/aromatic N) is 5. The first-order chi connectivity index (χ1) is 15.7. The number of hydrazone groups is 1. The summed E-state index contributed by atoms with van der Waals surface area (Å²) in [5.74, 6) is 2.72. The van der Waals surface area contributed by atoms with Crippen molar-refractivity contribution in [1.29, 1.82) is 0 Å². The maximum absolute atomic E-state index is 5.33. The van der Waals surface area contributed by atoms with Gasteiger partial charge in [0, 0.05) is 19.6 Å². The van der Waals surface area contributed by atoms with Gasteiger partial charge in [0.1, 0.15) is 0 Å². The molecular weight excluding hydrogens is 406 g/mol. The zero-order valence-electron chi connectivity index (χ0n) is 18.9. The van der Waals surface area contributed by atoms with E-state index >= 15 is 0 Å². The smallest absolute Gasteiger partial charge is 0.250 e. The zero-order chi connectivity index (χ0) is 22.8. The van der Waals surface area contributed by atoms with Crippen molar-refractivity contribution in [3.8, 4) is 11.5 Å². The molecule has 168 valence electrons. The summed E-state index contributed by atoms with van der Waals surface area (Å²) in [6.07, 6.45) is 1.67. The second kappa shape index (κ2) is 11.5. The van der Waals surface area contributed by atoms with Crippen LogP contribution in [0.4, 0.5) is 17.8 Å². The Hall–Kier alpha value is -3.88. The fourth-order valence-electron chi connectivity index (χ4n) is 3.02. The maximum atomic E-state index is 5.33. The minimum absolute atomic E-state index is 0.356. The van der Waals surface area contributed by atoms with Gasteiger partial charge in [-0.25, -0.2) is 5.43 Å². The van der Waals surface area contributed by atoms with Crippen molar-refractivity contribution in [3.05, 3.63) is 59.7 Å². The number of aromatic nitrogens is 3. The molecule has 3 rings (SSSR count). The highest BCUT2D eigenvalue weighted by Crippen LogP contribution is 2.26. The van der Waals surface area contributed by atoms with E-state index in [4.69, 9.17) is 9.47 Å². The van der Waals surface area contributed by atoms with Gasteiger partial charge in [-0.05, 0) is 43.2 Å². The Morgan fingerprint density at radius 1 is 0.906 bits per heavy atom. The van der Waals surface area contributed by atoms with Gasteiger partial charge in [0.25, 0.3) is 0 Å². The Balaban J connectivity index is 1.78. The molecule has 0 spiro atoms. The number of rotatable bonds is 11. The lowest BCUT2D eigenvalue weighted by atomic mass is 10.2. The summed E-state index contributed by atoms with van der Waals surface area (Å²) in [7, 11) is 3.20. The molecule has 1 aromatic heterocycles. The van der Waals surface area contributed by atoms with Crippen LogP contribution in [0.5, 0.6) is 11.5 Å². The molecule has 0 saturated heterocycles. The number of benzene rings is 2. The first kappa shape index (κ1) is 22.8. The van der Waals surface area contributed by atoms with E-state index in [9.17, 15) is 0 Å². The molecule has 0 atom stereocenters. The van der Waals surface area contributed by atoms with Gasteiger partial charge in [-0.2, -0.15) is 20.1 Å². The molecule has 0 amide bonds. The molecule has 0 aliphatic carbocycles. The Bertz CT molecular complexity index is 1020. The van der Waals surface area contributed by atoms with Crippen molar-refractivity contribution in [2.75, 3.05) is 43.0 Å². The van der Waals surface area contributed by atoms with Crippen LogP contribution in [0.15, 0.2) is 53.6 Å². The number of ether oxygens (including phenoxy) is 2. The third kappa shape index (κ3) is 6.07. The van der Waals surface area contributed by atoms with Crippen LogP contribution in [0.2, 0.25) is 0 Å². The van der Waals surface area contributed by atoms with Gasteiger partial charge in [-0.3, -0.25) is 0 Å². The highest BCUT2D eigenvalue weighted by molar-refractivity contribution is 5.81. The fourth-order valence-corrected chi connectivity index (χ4v) is 3.02. The lowest BCUT2D eigenvalue weighted by molar-refractivity contribution is 0.355. The summed E-state index contributed by atoms with van der Waals surface area (Å²) >= 11 is 0. The van der Waals surface area contributed by atoms with Crippen molar-refractivity contribution >= 4 is 24.1 Å². The van der Waals surface area contributed by atoms with Gasteiger partial charge in [0.15, 0.2) is 11.5 Å². The van der Waals surface area contributed by atoms with Gasteiger partial charge in [-0.1, -0.05) is 30.3 Å². The minimum Gasteiger partial charge on any atom is -0.493 e. The molecule has 0 radical (unpaired) electrons. The van der Waals surface area contributed by atoms with Crippen molar-refractivity contribution in [2.45, 2.75) is 20.4 Å². The fraction of sp³-hybridized carbons (Fsp3) is 0.304. The Labute approximate surface area is 188 Å². The molecule has 2 aromatic carbocycles. The summed E-state index contributed by atoms with van der Waals surface area (Å²) in [6, 6.07) is 15.6. The lowest BCUT2D eigenvalue weighted by Crippen LogP contribution is -2.25. The van der Waals surface area contributed by atoms with E-state index in [1.54, 1.807) is 20.4 Å². The first-order valence-electron chi connectivity index (χ1n) is 10.5. The zero-order valence-corrected chi connectivity index (χ0v) is 18.9. The van der Waals surface area contributed by atoms with E-state index < -0.39 is 0 Å². The third-order valence-electron chi connectivity index (χ3n) is 4.75. The highest BCUT2D eigenvalue weighted by Gasteiger charge is 2.11. The number of methoxy groups -OCH3 is 2. The normalized spacial score (nSPS) is 10.8. The number of hydrogen-bond donors (Lipinski definition) is 2. The van der Waals surface area contributed by atoms with Crippen LogP contribution in [0.3, 0.4) is 0 Å². The molecule has 2 N–H and O–H groups in total. The Kier molecular flexibility index (Phi) is 8.19. The average Bonchev–Trinajstić information content (AvgIpc) is 2.84. The van der Waals surface area contributed by atoms with E-state index in [1.165, 1.54) is 0 Å². The van der Waals surface area contributed by atoms with Gasteiger partial charge in [0.2, 0.25) is 17.8 Å².